The van der Waals surface area contributed by atoms with Crippen molar-refractivity contribution in [2.45, 2.75) is 51.6 Å². The molecule has 0 aliphatic carbocycles. The fourth-order valence-electron chi connectivity index (χ4n) is 2.46. The predicted molar refractivity (Wildman–Crippen MR) is 74.9 cm³/mol. The first-order valence-electron chi connectivity index (χ1n) is 6.48. The molecule has 2 heterocycles. The van der Waals surface area contributed by atoms with Crippen molar-refractivity contribution in [2.75, 3.05) is 6.54 Å². The van der Waals surface area contributed by atoms with Gasteiger partial charge in [-0.05, 0) is 62.5 Å². The summed E-state index contributed by atoms with van der Waals surface area (Å²) in [5, 5.41) is 7.65. The van der Waals surface area contributed by atoms with Gasteiger partial charge in [-0.15, -0.1) is 0 Å². The molecule has 0 spiro atoms. The van der Waals surface area contributed by atoms with Gasteiger partial charge in [-0.25, -0.2) is 0 Å². The number of piperidine rings is 1. The molecule has 1 saturated heterocycles. The summed E-state index contributed by atoms with van der Waals surface area (Å²) in [5.74, 6) is 0.139. The molecule has 18 heavy (non-hydrogen) atoms. The highest BCUT2D eigenvalue weighted by atomic mass is 79.9. The molecule has 100 valence electrons. The third-order valence-electron chi connectivity index (χ3n) is 3.57. The van der Waals surface area contributed by atoms with Gasteiger partial charge < -0.3 is 5.32 Å². The Hall–Kier alpha value is -0.680. The first-order valence-corrected chi connectivity index (χ1v) is 7.28. The Balaban J connectivity index is 2.36. The zero-order valence-corrected chi connectivity index (χ0v) is 12.7. The number of carbonyl (C=O) groups excluding carboxylic acids is 1. The Bertz CT molecular complexity index is 447. The molecule has 5 heteroatoms. The highest BCUT2D eigenvalue weighted by Gasteiger charge is 2.37. The van der Waals surface area contributed by atoms with E-state index < -0.39 is 5.54 Å². The van der Waals surface area contributed by atoms with Crippen LogP contribution in [0.3, 0.4) is 0 Å². The molecule has 1 atom stereocenters. The van der Waals surface area contributed by atoms with Crippen LogP contribution in [0.5, 0.6) is 0 Å². The number of nitrogens with zero attached hydrogens (tertiary/aromatic N) is 2. The fraction of sp³-hybridized carbons (Fsp3) is 0.692. The number of Topliss-reactive ketones (excluding diaryl/α,β-unsaturated/α-hetero) is 1. The number of carbonyl (C=O) groups is 1. The predicted octanol–water partition coefficient (Wildman–Crippen LogP) is 2.94. The minimum atomic E-state index is -0.451. The quantitative estimate of drug-likeness (QED) is 0.873. The van der Waals surface area contributed by atoms with Gasteiger partial charge in [-0.2, -0.15) is 5.10 Å². The molecule has 0 bridgehead atoms. The van der Waals surface area contributed by atoms with Crippen LogP contribution in [0.15, 0.2) is 10.7 Å². The Labute approximate surface area is 116 Å². The maximum absolute atomic E-state index is 12.8. The number of ketones is 1. The highest BCUT2D eigenvalue weighted by Crippen LogP contribution is 2.28. The van der Waals surface area contributed by atoms with Crippen molar-refractivity contribution in [3.63, 3.8) is 0 Å². The third-order valence-corrected chi connectivity index (χ3v) is 4.16. The van der Waals surface area contributed by atoms with Gasteiger partial charge in [0.1, 0.15) is 5.69 Å². The highest BCUT2D eigenvalue weighted by molar-refractivity contribution is 9.10. The SMILES string of the molecule is CC(C)n1ncc(Br)c1C(=O)C1(C)CCCCN1. The second-order valence-electron chi connectivity index (χ2n) is 5.42. The van der Waals surface area contributed by atoms with E-state index in [1.54, 1.807) is 10.9 Å². The van der Waals surface area contributed by atoms with E-state index in [-0.39, 0.29) is 11.8 Å². The molecule has 1 aliphatic heterocycles. The fourth-order valence-corrected chi connectivity index (χ4v) is 2.91. The van der Waals surface area contributed by atoms with Crippen LogP contribution >= 0.6 is 15.9 Å². The molecule has 1 N–H and O–H groups in total. The third kappa shape index (κ3) is 2.38. The Morgan fingerprint density at radius 3 is 2.83 bits per heavy atom. The molecule has 1 unspecified atom stereocenters. The Morgan fingerprint density at radius 2 is 2.28 bits per heavy atom. The van der Waals surface area contributed by atoms with E-state index in [2.05, 4.69) is 26.3 Å². The summed E-state index contributed by atoms with van der Waals surface area (Å²) in [6.07, 6.45) is 4.84. The average Bonchev–Trinajstić information content (AvgIpc) is 2.71. The second-order valence-corrected chi connectivity index (χ2v) is 6.28. The lowest BCUT2D eigenvalue weighted by atomic mass is 9.85. The molecular weight excluding hydrogens is 294 g/mol. The molecule has 1 aromatic rings. The Morgan fingerprint density at radius 1 is 1.56 bits per heavy atom. The van der Waals surface area contributed by atoms with Crippen LogP contribution in [-0.2, 0) is 0 Å². The van der Waals surface area contributed by atoms with Crippen LogP contribution in [0.2, 0.25) is 0 Å². The lowest BCUT2D eigenvalue weighted by Crippen LogP contribution is -2.52. The van der Waals surface area contributed by atoms with E-state index in [9.17, 15) is 4.79 Å². The van der Waals surface area contributed by atoms with Gasteiger partial charge in [0, 0.05) is 6.04 Å². The van der Waals surface area contributed by atoms with Crippen molar-refractivity contribution < 1.29 is 4.79 Å². The molecule has 2 rings (SSSR count). The molecule has 0 saturated carbocycles. The summed E-state index contributed by atoms with van der Waals surface area (Å²) >= 11 is 3.44. The molecule has 1 fully saturated rings. The number of nitrogens with one attached hydrogen (secondary N) is 1. The summed E-state index contributed by atoms with van der Waals surface area (Å²) in [6, 6.07) is 0.183. The van der Waals surface area contributed by atoms with Crippen LogP contribution in [0.4, 0.5) is 0 Å². The summed E-state index contributed by atoms with van der Waals surface area (Å²) < 4.78 is 2.59. The number of hydrogen-bond acceptors (Lipinski definition) is 3. The summed E-state index contributed by atoms with van der Waals surface area (Å²) in [4.78, 5) is 12.8. The van der Waals surface area contributed by atoms with E-state index in [4.69, 9.17) is 0 Å². The normalized spacial score (nSPS) is 24.5. The van der Waals surface area contributed by atoms with Crippen molar-refractivity contribution >= 4 is 21.7 Å². The Kier molecular flexibility index (Phi) is 3.92. The van der Waals surface area contributed by atoms with Crippen LogP contribution in [0.25, 0.3) is 0 Å². The summed E-state index contributed by atoms with van der Waals surface area (Å²) in [5.41, 5.74) is 0.231. The zero-order chi connectivity index (χ0) is 13.3. The van der Waals surface area contributed by atoms with E-state index in [1.807, 2.05) is 20.8 Å². The van der Waals surface area contributed by atoms with E-state index in [0.717, 1.165) is 30.3 Å². The van der Waals surface area contributed by atoms with Crippen LogP contribution in [-0.4, -0.2) is 27.6 Å². The van der Waals surface area contributed by atoms with Gasteiger partial charge in [-0.3, -0.25) is 9.48 Å². The van der Waals surface area contributed by atoms with Crippen LogP contribution in [0, 0.1) is 0 Å². The minimum absolute atomic E-state index is 0.139. The van der Waals surface area contributed by atoms with E-state index in [1.165, 1.54) is 0 Å². The number of rotatable bonds is 3. The van der Waals surface area contributed by atoms with E-state index in [0.29, 0.717) is 5.69 Å². The molecule has 0 radical (unpaired) electrons. The van der Waals surface area contributed by atoms with Gasteiger partial charge in [-0.1, -0.05) is 0 Å². The van der Waals surface area contributed by atoms with Gasteiger partial charge in [0.05, 0.1) is 16.2 Å². The summed E-state index contributed by atoms with van der Waals surface area (Å²) in [7, 11) is 0. The van der Waals surface area contributed by atoms with Gasteiger partial charge in [0.25, 0.3) is 0 Å². The van der Waals surface area contributed by atoms with Crippen LogP contribution < -0.4 is 5.32 Å². The van der Waals surface area contributed by atoms with E-state index >= 15 is 0 Å². The first kappa shape index (κ1) is 13.7. The second kappa shape index (κ2) is 5.13. The van der Waals surface area contributed by atoms with Crippen molar-refractivity contribution in [1.29, 1.82) is 0 Å². The van der Waals surface area contributed by atoms with Crippen molar-refractivity contribution in [2.24, 2.45) is 0 Å². The van der Waals surface area contributed by atoms with Gasteiger partial charge >= 0.3 is 0 Å². The maximum Gasteiger partial charge on any atom is 0.201 e. The largest absolute Gasteiger partial charge is 0.305 e. The lowest BCUT2D eigenvalue weighted by molar-refractivity contribution is 0.0820. The minimum Gasteiger partial charge on any atom is -0.305 e. The number of halogens is 1. The number of hydrogen-bond donors (Lipinski definition) is 1. The van der Waals surface area contributed by atoms with Gasteiger partial charge in [0.2, 0.25) is 5.78 Å². The van der Waals surface area contributed by atoms with Crippen molar-refractivity contribution in [3.05, 3.63) is 16.4 Å². The number of aromatic nitrogens is 2. The van der Waals surface area contributed by atoms with Crippen LogP contribution in [0.1, 0.15) is 56.6 Å². The molecule has 1 aliphatic rings. The molecular formula is C13H20BrN3O. The summed E-state index contributed by atoms with van der Waals surface area (Å²) in [6.45, 7) is 6.98. The molecule has 0 aromatic carbocycles. The molecule has 0 amide bonds. The lowest BCUT2D eigenvalue weighted by Gasteiger charge is -2.33. The van der Waals surface area contributed by atoms with Gasteiger partial charge in [0.15, 0.2) is 0 Å². The first-order chi connectivity index (χ1) is 8.46. The molecule has 1 aromatic heterocycles. The maximum atomic E-state index is 12.8. The smallest absolute Gasteiger partial charge is 0.201 e. The standard InChI is InChI=1S/C13H20BrN3O/c1-9(2)17-11(10(14)8-16-17)12(18)13(3)6-4-5-7-15-13/h8-9,15H,4-7H2,1-3H3. The van der Waals surface area contributed by atoms with Crippen molar-refractivity contribution in [3.8, 4) is 0 Å². The van der Waals surface area contributed by atoms with Crippen molar-refractivity contribution in [1.82, 2.24) is 15.1 Å². The topological polar surface area (TPSA) is 46.9 Å². The average molecular weight is 314 g/mol. The zero-order valence-electron chi connectivity index (χ0n) is 11.2. The molecule has 4 nitrogen and oxygen atoms in total. The monoisotopic (exact) mass is 313 g/mol.